The van der Waals surface area contributed by atoms with Gasteiger partial charge in [-0.05, 0) is 42.8 Å². The van der Waals surface area contributed by atoms with Gasteiger partial charge in [-0.1, -0.05) is 0 Å². The molecule has 1 amide bonds. The molecule has 29 heavy (non-hydrogen) atoms. The van der Waals surface area contributed by atoms with Crippen LogP contribution in [0, 0.1) is 6.92 Å². The summed E-state index contributed by atoms with van der Waals surface area (Å²) in [7, 11) is -0.924. The number of rotatable bonds is 7. The van der Waals surface area contributed by atoms with Crippen LogP contribution in [0.1, 0.15) is 31.6 Å². The van der Waals surface area contributed by atoms with Gasteiger partial charge in [-0.15, -0.1) is 11.3 Å². The highest BCUT2D eigenvalue weighted by atomic mass is 32.2. The normalized spacial score (nSPS) is 11.6. The van der Waals surface area contributed by atoms with Crippen molar-refractivity contribution in [3.05, 3.63) is 58.6 Å². The van der Waals surface area contributed by atoms with Crippen LogP contribution in [-0.4, -0.2) is 38.7 Å². The molecule has 0 aliphatic heterocycles. The van der Waals surface area contributed by atoms with Crippen LogP contribution in [-0.2, 0) is 21.4 Å². The highest BCUT2D eigenvalue weighted by Crippen LogP contribution is 2.28. The second-order valence-electron chi connectivity index (χ2n) is 6.14. The molecule has 0 atom stereocenters. The number of amides is 1. The van der Waals surface area contributed by atoms with Gasteiger partial charge < -0.3 is 18.9 Å². The summed E-state index contributed by atoms with van der Waals surface area (Å²) in [5.74, 6) is -0.693. The summed E-state index contributed by atoms with van der Waals surface area (Å²) < 4.78 is 40.5. The van der Waals surface area contributed by atoms with Gasteiger partial charge in [0.25, 0.3) is 15.9 Å². The number of carbonyl (C=O) groups excluding carboxylic acids is 2. The number of ether oxygens (including phenoxy) is 1. The Balaban J connectivity index is 1.64. The molecule has 1 N–H and O–H groups in total. The van der Waals surface area contributed by atoms with E-state index >= 15 is 0 Å². The van der Waals surface area contributed by atoms with Crippen LogP contribution in [0.25, 0.3) is 0 Å². The lowest BCUT2D eigenvalue weighted by Gasteiger charge is -2.07. The number of furan rings is 2. The Hall–Kier alpha value is -2.89. The van der Waals surface area contributed by atoms with Gasteiger partial charge in [-0.25, -0.2) is 17.5 Å². The Bertz CT molecular complexity index is 1130. The van der Waals surface area contributed by atoms with Gasteiger partial charge >= 0.3 is 5.97 Å². The van der Waals surface area contributed by atoms with Crippen LogP contribution in [0.2, 0.25) is 0 Å². The van der Waals surface area contributed by atoms with Crippen LogP contribution < -0.4 is 5.32 Å². The minimum absolute atomic E-state index is 0.154. The molecule has 0 aliphatic rings. The fourth-order valence-electron chi connectivity index (χ4n) is 2.28. The maximum atomic E-state index is 12.4. The molecule has 9 nitrogen and oxygen atoms in total. The van der Waals surface area contributed by atoms with Crippen LogP contribution in [0.15, 0.2) is 50.5 Å². The third-order valence-corrected chi connectivity index (χ3v) is 6.62. The molecule has 154 valence electrons. The van der Waals surface area contributed by atoms with Crippen LogP contribution >= 0.6 is 11.3 Å². The quantitative estimate of drug-likeness (QED) is 0.563. The summed E-state index contributed by atoms with van der Waals surface area (Å²) in [6, 6.07) is 7.51. The van der Waals surface area contributed by atoms with Crippen LogP contribution in [0.3, 0.4) is 0 Å². The van der Waals surface area contributed by atoms with E-state index in [9.17, 15) is 18.0 Å². The van der Waals surface area contributed by atoms with E-state index in [0.717, 1.165) is 15.6 Å². The molecule has 3 rings (SSSR count). The third kappa shape index (κ3) is 4.58. The average molecular weight is 438 g/mol. The fourth-order valence-corrected chi connectivity index (χ4v) is 4.06. The van der Waals surface area contributed by atoms with Gasteiger partial charge in [0.2, 0.25) is 5.09 Å². The summed E-state index contributed by atoms with van der Waals surface area (Å²) in [6.45, 7) is 1.48. The zero-order valence-corrected chi connectivity index (χ0v) is 17.4. The number of esters is 1. The highest BCUT2D eigenvalue weighted by molar-refractivity contribution is 7.88. The number of nitrogens with one attached hydrogen (secondary N) is 1. The van der Waals surface area contributed by atoms with Crippen molar-refractivity contribution in [3.63, 3.8) is 0 Å². The largest absolute Gasteiger partial charge is 0.459 e. The Morgan fingerprint density at radius 1 is 1.24 bits per heavy atom. The molecule has 0 aromatic carbocycles. The fraction of sp³-hybridized carbons (Fsp3) is 0.222. The number of nitrogens with zero attached hydrogens (tertiary/aromatic N) is 1. The molecule has 0 radical (unpaired) electrons. The highest BCUT2D eigenvalue weighted by Gasteiger charge is 2.22. The predicted octanol–water partition coefficient (Wildman–Crippen LogP) is 3.10. The van der Waals surface area contributed by atoms with E-state index in [2.05, 4.69) is 5.32 Å². The molecule has 0 saturated carbocycles. The average Bonchev–Trinajstić information content (AvgIpc) is 3.40. The summed E-state index contributed by atoms with van der Waals surface area (Å²) >= 11 is 1.06. The van der Waals surface area contributed by atoms with Crippen molar-refractivity contribution in [1.29, 1.82) is 0 Å². The molecule has 0 fully saturated rings. The SMILES string of the molecule is Cc1cc(NC(=O)c2ccco2)sc1C(=O)OCc1ccc(S(=O)(=O)N(C)C)o1. The molecule has 0 unspecified atom stereocenters. The van der Waals surface area contributed by atoms with Gasteiger partial charge in [0, 0.05) is 14.1 Å². The van der Waals surface area contributed by atoms with E-state index in [-0.39, 0.29) is 23.2 Å². The Morgan fingerprint density at radius 3 is 2.66 bits per heavy atom. The van der Waals surface area contributed by atoms with E-state index in [4.69, 9.17) is 13.6 Å². The number of sulfonamides is 1. The lowest BCUT2D eigenvalue weighted by molar-refractivity contribution is 0.0445. The second-order valence-corrected chi connectivity index (χ2v) is 9.27. The minimum atomic E-state index is -3.70. The number of aryl methyl sites for hydroxylation is 1. The predicted molar refractivity (Wildman–Crippen MR) is 104 cm³/mol. The molecule has 3 heterocycles. The summed E-state index contributed by atoms with van der Waals surface area (Å²) in [4.78, 5) is 24.7. The lowest BCUT2D eigenvalue weighted by atomic mass is 10.3. The summed E-state index contributed by atoms with van der Waals surface area (Å²) in [5.41, 5.74) is 0.630. The third-order valence-electron chi connectivity index (χ3n) is 3.80. The van der Waals surface area contributed by atoms with Crippen LogP contribution in [0.5, 0.6) is 0 Å². The van der Waals surface area contributed by atoms with E-state index < -0.39 is 21.9 Å². The van der Waals surface area contributed by atoms with Crippen molar-refractivity contribution in [1.82, 2.24) is 4.31 Å². The first kappa shape index (κ1) is 20.8. The van der Waals surface area contributed by atoms with Crippen molar-refractivity contribution in [2.24, 2.45) is 0 Å². The van der Waals surface area contributed by atoms with Crippen molar-refractivity contribution in [3.8, 4) is 0 Å². The number of hydrogen-bond acceptors (Lipinski definition) is 8. The monoisotopic (exact) mass is 438 g/mol. The van der Waals surface area contributed by atoms with Crippen molar-refractivity contribution < 1.29 is 31.6 Å². The van der Waals surface area contributed by atoms with Gasteiger partial charge in [-0.2, -0.15) is 0 Å². The molecule has 0 spiro atoms. The first-order valence-corrected chi connectivity index (χ1v) is 10.6. The summed E-state index contributed by atoms with van der Waals surface area (Å²) in [6.07, 6.45) is 1.39. The molecule has 0 saturated heterocycles. The zero-order chi connectivity index (χ0) is 21.2. The second kappa shape index (κ2) is 8.23. The van der Waals surface area contributed by atoms with Gasteiger partial charge in [-0.3, -0.25) is 4.79 Å². The molecular weight excluding hydrogens is 420 g/mol. The van der Waals surface area contributed by atoms with E-state index in [0.29, 0.717) is 15.4 Å². The van der Waals surface area contributed by atoms with E-state index in [1.54, 1.807) is 19.1 Å². The molecule has 0 bridgehead atoms. The van der Waals surface area contributed by atoms with E-state index in [1.165, 1.54) is 38.6 Å². The van der Waals surface area contributed by atoms with Gasteiger partial charge in [0.15, 0.2) is 5.76 Å². The Morgan fingerprint density at radius 2 is 2.00 bits per heavy atom. The topological polar surface area (TPSA) is 119 Å². The van der Waals surface area contributed by atoms with Gasteiger partial charge in [0.05, 0.1) is 11.3 Å². The number of carbonyl (C=O) groups is 2. The number of anilines is 1. The molecule has 0 aliphatic carbocycles. The van der Waals surface area contributed by atoms with Crippen molar-refractivity contribution in [2.45, 2.75) is 18.6 Å². The smallest absolute Gasteiger partial charge is 0.349 e. The number of hydrogen-bond donors (Lipinski definition) is 1. The number of thiophene rings is 1. The molecular formula is C18H18N2O7S2. The maximum Gasteiger partial charge on any atom is 0.349 e. The minimum Gasteiger partial charge on any atom is -0.459 e. The van der Waals surface area contributed by atoms with Gasteiger partial charge in [0.1, 0.15) is 17.2 Å². The van der Waals surface area contributed by atoms with Crippen molar-refractivity contribution >= 4 is 38.2 Å². The van der Waals surface area contributed by atoms with E-state index in [1.807, 2.05) is 0 Å². The Kier molecular flexibility index (Phi) is 5.91. The Labute approximate surface area is 170 Å². The molecule has 11 heteroatoms. The molecule has 3 aromatic heterocycles. The summed E-state index contributed by atoms with van der Waals surface area (Å²) in [5, 5.41) is 2.89. The maximum absolute atomic E-state index is 12.4. The van der Waals surface area contributed by atoms with Crippen molar-refractivity contribution in [2.75, 3.05) is 19.4 Å². The first-order valence-electron chi connectivity index (χ1n) is 8.32. The zero-order valence-electron chi connectivity index (χ0n) is 15.8. The van der Waals surface area contributed by atoms with Crippen LogP contribution in [0.4, 0.5) is 5.00 Å². The first-order chi connectivity index (χ1) is 13.7. The standard InChI is InChI=1S/C18H18N2O7S2/c1-11-9-14(19-17(21)13-5-4-8-25-13)28-16(11)18(22)26-10-12-6-7-15(27-12)29(23,24)20(2)3/h4-9H,10H2,1-3H3,(H,19,21). The molecule has 3 aromatic rings. The lowest BCUT2D eigenvalue weighted by Crippen LogP contribution is -2.21.